The van der Waals surface area contributed by atoms with Crippen LogP contribution in [0.15, 0.2) is 0 Å². The molecular formula is C2H4O2WY. The predicted molar refractivity (Wildman–Crippen MR) is 14.7 cm³/mol. The molecule has 2 nitrogen and oxygen atoms in total. The molecule has 4 heteroatoms. The van der Waals surface area contributed by atoms with Crippen LogP contribution < -0.4 is 0 Å². The summed E-state index contributed by atoms with van der Waals surface area (Å²) in [7, 11) is 0. The fraction of sp³-hybridized carbons (Fsp3) is 0. The molecule has 0 unspecified atom stereocenters. The van der Waals surface area contributed by atoms with Crippen LogP contribution in [0.25, 0.3) is 0 Å². The summed E-state index contributed by atoms with van der Waals surface area (Å²) in [4.78, 5) is 8.24. The average Bonchev–Trinajstić information content (AvgIpc) is 0.918. The van der Waals surface area contributed by atoms with Crippen LogP contribution in [0.4, 0.5) is 0 Å². The van der Waals surface area contributed by atoms with E-state index in [1.807, 2.05) is 0 Å². The zero-order valence-electron chi connectivity index (χ0n) is 3.34. The number of hydrogen-bond donors (Lipinski definition) is 1. The van der Waals surface area contributed by atoms with Crippen molar-refractivity contribution in [1.29, 1.82) is 0 Å². The maximum atomic E-state index is 8.24. The minimum atomic E-state index is 0. The molecule has 0 aromatic rings. The molecule has 0 saturated carbocycles. The number of rotatable bonds is 0. The summed E-state index contributed by atoms with van der Waals surface area (Å²) < 4.78 is 0. The van der Waals surface area contributed by atoms with E-state index in [0.29, 0.717) is 6.47 Å². The Kier molecular flexibility index (Phi) is 151. The van der Waals surface area contributed by atoms with Crippen molar-refractivity contribution < 1.29 is 63.7 Å². The van der Waals surface area contributed by atoms with E-state index in [2.05, 4.69) is 0 Å². The smallest absolute Gasteiger partial charge is 0.665 e. The summed E-state index contributed by atoms with van der Waals surface area (Å²) in [5.74, 6) is 0. The molecule has 0 aromatic carbocycles. The Labute approximate surface area is 76.8 Å². The van der Waals surface area contributed by atoms with E-state index in [9.17, 15) is 0 Å². The van der Waals surface area contributed by atoms with E-state index in [1.165, 1.54) is 0 Å². The summed E-state index contributed by atoms with van der Waals surface area (Å²) in [5.41, 5.74) is 0. The van der Waals surface area contributed by atoms with E-state index < -0.39 is 0 Å². The van der Waals surface area contributed by atoms with Crippen molar-refractivity contribution in [2.45, 2.75) is 0 Å². The molecule has 0 aliphatic carbocycles. The Balaban J connectivity index is -0.00000000667. The van der Waals surface area contributed by atoms with Crippen LogP contribution in [-0.2, 0) is 58.6 Å². The van der Waals surface area contributed by atoms with Gasteiger partial charge in [-0.15, -0.1) is 0 Å². The van der Waals surface area contributed by atoms with Gasteiger partial charge in [-0.3, -0.25) is 0 Å². The van der Waals surface area contributed by atoms with E-state index in [0.717, 1.165) is 0 Å². The van der Waals surface area contributed by atoms with Gasteiger partial charge in [-0.05, 0) is 0 Å². The monoisotopic (exact) mass is 333 g/mol. The Morgan fingerprint density at radius 2 is 1.50 bits per heavy atom. The first-order valence-corrected chi connectivity index (χ1v) is 0.428. The minimum Gasteiger partial charge on any atom is -0.665 e. The van der Waals surface area contributed by atoms with Gasteiger partial charge in [0.15, 0.2) is 0 Å². The van der Waals surface area contributed by atoms with Crippen LogP contribution in [0.3, 0.4) is 0 Å². The third kappa shape index (κ3) is 60.0. The molecule has 0 fully saturated rings. The first-order valence-electron chi connectivity index (χ1n) is 0.428. The Hall–Kier alpha value is 1.26. The van der Waals surface area contributed by atoms with Gasteiger partial charge < -0.3 is 17.3 Å². The van der Waals surface area contributed by atoms with E-state index in [4.69, 9.17) is 9.90 Å². The maximum Gasteiger partial charge on any atom is 2.00 e. The molecule has 0 amide bonds. The first kappa shape index (κ1) is 26.8. The van der Waals surface area contributed by atoms with Gasteiger partial charge in [-0.1, -0.05) is 6.47 Å². The number of aliphatic hydroxyl groups excluding tert-OH is 1. The second kappa shape index (κ2) is 33.9. The fourth-order valence-corrected chi connectivity index (χ4v) is 0. The Morgan fingerprint density at radius 1 is 1.50 bits per heavy atom. The predicted octanol–water partition coefficient (Wildman–Crippen LogP) is 0.0569. The van der Waals surface area contributed by atoms with Gasteiger partial charge in [0.2, 0.25) is 0 Å². The average molecular weight is 333 g/mol. The van der Waals surface area contributed by atoms with Crippen LogP contribution in [0.1, 0.15) is 0 Å². The first-order chi connectivity index (χ1) is 1.41. The minimum absolute atomic E-state index is 0. The zero-order valence-corrected chi connectivity index (χ0v) is 9.11. The summed E-state index contributed by atoms with van der Waals surface area (Å²) in [6.45, 7) is 0.500. The quantitative estimate of drug-likeness (QED) is 0.637. The SMILES string of the molecule is O=[C-]O.[CH3-].[W+2].[Y]. The molecule has 33 valence electrons. The van der Waals surface area contributed by atoms with Crippen molar-refractivity contribution in [3.8, 4) is 0 Å². The summed E-state index contributed by atoms with van der Waals surface area (Å²) >= 11 is 0. The standard InChI is InChI=1S/CHO2.CH3.W.Y/c2-1-3;;;/h(H,2,3);1H3;;/q2*-1;+2;. The largest absolute Gasteiger partial charge is 2.00 e. The van der Waals surface area contributed by atoms with Crippen LogP contribution in [0.2, 0.25) is 0 Å². The normalized spacial score (nSPS) is 2.00. The summed E-state index contributed by atoms with van der Waals surface area (Å²) in [5, 5.41) is 6.76. The molecule has 0 rings (SSSR count). The zero-order chi connectivity index (χ0) is 2.71. The van der Waals surface area contributed by atoms with Gasteiger partial charge in [-0.2, -0.15) is 0 Å². The topological polar surface area (TPSA) is 37.3 Å². The maximum absolute atomic E-state index is 8.24. The fourth-order valence-electron chi connectivity index (χ4n) is 0. The van der Waals surface area contributed by atoms with Crippen LogP contribution in [-0.4, -0.2) is 11.6 Å². The second-order valence-corrected chi connectivity index (χ2v) is 0.0913. The van der Waals surface area contributed by atoms with Gasteiger partial charge >= 0.3 is 21.1 Å². The molecule has 0 aliphatic rings. The van der Waals surface area contributed by atoms with Crippen LogP contribution in [0, 0.1) is 7.43 Å². The molecular weight excluding hydrogens is 329 g/mol. The van der Waals surface area contributed by atoms with Crippen molar-refractivity contribution in [2.75, 3.05) is 0 Å². The van der Waals surface area contributed by atoms with Crippen LogP contribution >= 0.6 is 0 Å². The van der Waals surface area contributed by atoms with E-state index in [-0.39, 0.29) is 61.2 Å². The molecule has 0 aliphatic heterocycles. The molecule has 1 radical (unpaired) electrons. The Morgan fingerprint density at radius 3 is 1.50 bits per heavy atom. The summed E-state index contributed by atoms with van der Waals surface area (Å²) in [6, 6.07) is 0. The van der Waals surface area contributed by atoms with Crippen molar-refractivity contribution >= 4 is 6.47 Å². The van der Waals surface area contributed by atoms with Gasteiger partial charge in [0.05, 0.1) is 0 Å². The van der Waals surface area contributed by atoms with E-state index in [1.54, 1.807) is 0 Å². The van der Waals surface area contributed by atoms with Crippen molar-refractivity contribution in [3.05, 3.63) is 7.43 Å². The molecule has 6 heavy (non-hydrogen) atoms. The molecule has 0 heterocycles. The second-order valence-electron chi connectivity index (χ2n) is 0.0913. The Bertz CT molecular complexity index is 19.0. The third-order valence-corrected chi connectivity index (χ3v) is 0. The molecule has 1 N–H and O–H groups in total. The van der Waals surface area contributed by atoms with Gasteiger partial charge in [0.1, 0.15) is 0 Å². The molecule has 0 atom stereocenters. The van der Waals surface area contributed by atoms with Crippen LogP contribution in [0.5, 0.6) is 0 Å². The molecule has 0 aromatic heterocycles. The van der Waals surface area contributed by atoms with Crippen molar-refractivity contribution in [1.82, 2.24) is 0 Å². The summed E-state index contributed by atoms with van der Waals surface area (Å²) in [6.07, 6.45) is 0. The van der Waals surface area contributed by atoms with Crippen molar-refractivity contribution in [2.24, 2.45) is 0 Å². The third-order valence-electron chi connectivity index (χ3n) is 0. The van der Waals surface area contributed by atoms with Gasteiger partial charge in [0, 0.05) is 32.7 Å². The van der Waals surface area contributed by atoms with Gasteiger partial charge in [0.25, 0.3) is 0 Å². The van der Waals surface area contributed by atoms with Gasteiger partial charge in [-0.25, -0.2) is 0 Å². The number of hydrogen-bond acceptors (Lipinski definition) is 1. The molecule has 0 bridgehead atoms. The van der Waals surface area contributed by atoms with Crippen molar-refractivity contribution in [3.63, 3.8) is 0 Å². The molecule has 0 saturated heterocycles. The van der Waals surface area contributed by atoms with E-state index >= 15 is 0 Å². The molecule has 0 spiro atoms.